The average Bonchev–Trinajstić information content (AvgIpc) is 2.97. The first-order valence-corrected chi connectivity index (χ1v) is 7.46. The van der Waals surface area contributed by atoms with E-state index < -0.39 is 0 Å². The highest BCUT2D eigenvalue weighted by molar-refractivity contribution is 5.49. The number of nitrogens with one attached hydrogen (secondary N) is 1. The Morgan fingerprint density at radius 3 is 3.05 bits per heavy atom. The van der Waals surface area contributed by atoms with E-state index in [1.807, 2.05) is 19.1 Å². The number of hydrogen-bond donors (Lipinski definition) is 2. The van der Waals surface area contributed by atoms with E-state index in [0.29, 0.717) is 11.6 Å². The lowest BCUT2D eigenvalue weighted by Gasteiger charge is -2.19. The summed E-state index contributed by atoms with van der Waals surface area (Å²) in [6.45, 7) is 4.45. The van der Waals surface area contributed by atoms with Crippen LogP contribution < -0.4 is 16.0 Å². The molecule has 6 heteroatoms. The predicted molar refractivity (Wildman–Crippen MR) is 86.4 cm³/mol. The van der Waals surface area contributed by atoms with E-state index in [4.69, 9.17) is 5.73 Å². The van der Waals surface area contributed by atoms with Crippen LogP contribution >= 0.6 is 0 Å². The normalized spacial score (nSPS) is 17.7. The molecule has 1 fully saturated rings. The highest BCUT2D eigenvalue weighted by Gasteiger charge is 2.24. The maximum atomic E-state index is 13.8. The van der Waals surface area contributed by atoms with Crippen molar-refractivity contribution in [1.82, 2.24) is 9.97 Å². The van der Waals surface area contributed by atoms with E-state index in [2.05, 4.69) is 20.2 Å². The molecule has 0 aliphatic carbocycles. The minimum Gasteiger partial charge on any atom is -0.369 e. The lowest BCUT2D eigenvalue weighted by Crippen LogP contribution is -2.23. The third-order valence-corrected chi connectivity index (χ3v) is 4.03. The molecule has 0 bridgehead atoms. The zero-order valence-corrected chi connectivity index (χ0v) is 12.6. The summed E-state index contributed by atoms with van der Waals surface area (Å²) in [4.78, 5) is 10.3. The molecule has 3 N–H and O–H groups in total. The third kappa shape index (κ3) is 3.10. The standard InChI is InChI=1S/C16H20FN5/c1-11-8-20-16(18)21-15(11)19-9-12-6-7-22(10-12)14-5-3-2-4-13(14)17/h2-5,8,12H,6-7,9-10H2,1H3,(H3,18,19,20,21). The molecular weight excluding hydrogens is 281 g/mol. The number of aromatic nitrogens is 2. The van der Waals surface area contributed by atoms with Crippen molar-refractivity contribution in [2.24, 2.45) is 5.92 Å². The SMILES string of the molecule is Cc1cnc(N)nc1NCC1CCN(c2ccccc2F)C1. The first-order chi connectivity index (χ1) is 10.6. The summed E-state index contributed by atoms with van der Waals surface area (Å²) in [5.41, 5.74) is 7.27. The topological polar surface area (TPSA) is 67.1 Å². The van der Waals surface area contributed by atoms with Crippen molar-refractivity contribution in [2.45, 2.75) is 13.3 Å². The van der Waals surface area contributed by atoms with E-state index in [0.717, 1.165) is 37.4 Å². The van der Waals surface area contributed by atoms with Crippen molar-refractivity contribution in [3.05, 3.63) is 41.8 Å². The molecule has 0 saturated carbocycles. The van der Waals surface area contributed by atoms with Crippen LogP contribution in [0.25, 0.3) is 0 Å². The molecule has 1 aliphatic rings. The fourth-order valence-corrected chi connectivity index (χ4v) is 2.80. The number of anilines is 3. The van der Waals surface area contributed by atoms with Crippen molar-refractivity contribution < 1.29 is 4.39 Å². The van der Waals surface area contributed by atoms with Crippen LogP contribution in [0, 0.1) is 18.7 Å². The maximum absolute atomic E-state index is 13.8. The number of halogens is 1. The molecule has 22 heavy (non-hydrogen) atoms. The summed E-state index contributed by atoms with van der Waals surface area (Å²) in [6, 6.07) is 6.93. The average molecular weight is 301 g/mol. The largest absolute Gasteiger partial charge is 0.369 e. The molecule has 0 amide bonds. The molecule has 116 valence electrons. The van der Waals surface area contributed by atoms with Gasteiger partial charge in [-0.15, -0.1) is 0 Å². The van der Waals surface area contributed by atoms with Gasteiger partial charge in [0.15, 0.2) is 0 Å². The van der Waals surface area contributed by atoms with E-state index in [-0.39, 0.29) is 11.8 Å². The van der Waals surface area contributed by atoms with Crippen LogP contribution in [0.2, 0.25) is 0 Å². The van der Waals surface area contributed by atoms with Gasteiger partial charge in [0.05, 0.1) is 5.69 Å². The number of hydrogen-bond acceptors (Lipinski definition) is 5. The van der Waals surface area contributed by atoms with Gasteiger partial charge in [-0.2, -0.15) is 4.98 Å². The van der Waals surface area contributed by atoms with Crippen molar-refractivity contribution in [2.75, 3.05) is 35.6 Å². The number of nitrogens with two attached hydrogens (primary N) is 1. The van der Waals surface area contributed by atoms with Crippen molar-refractivity contribution in [3.63, 3.8) is 0 Å². The summed E-state index contributed by atoms with van der Waals surface area (Å²) in [5.74, 6) is 1.34. The van der Waals surface area contributed by atoms with E-state index >= 15 is 0 Å². The van der Waals surface area contributed by atoms with Crippen LogP contribution in [-0.2, 0) is 0 Å². The quantitative estimate of drug-likeness (QED) is 0.908. The number of aryl methyl sites for hydroxylation is 1. The van der Waals surface area contributed by atoms with Gasteiger partial charge in [-0.1, -0.05) is 12.1 Å². The van der Waals surface area contributed by atoms with Crippen LogP contribution in [0.3, 0.4) is 0 Å². The fraction of sp³-hybridized carbons (Fsp3) is 0.375. The monoisotopic (exact) mass is 301 g/mol. The first kappa shape index (κ1) is 14.6. The van der Waals surface area contributed by atoms with Crippen LogP contribution in [0.1, 0.15) is 12.0 Å². The number of rotatable bonds is 4. The second-order valence-electron chi connectivity index (χ2n) is 5.69. The maximum Gasteiger partial charge on any atom is 0.221 e. The Morgan fingerprint density at radius 1 is 1.41 bits per heavy atom. The Bertz CT molecular complexity index is 661. The van der Waals surface area contributed by atoms with Gasteiger partial charge < -0.3 is 16.0 Å². The van der Waals surface area contributed by atoms with Gasteiger partial charge in [-0.25, -0.2) is 9.37 Å². The van der Waals surface area contributed by atoms with Crippen LogP contribution in [0.4, 0.5) is 21.8 Å². The first-order valence-electron chi connectivity index (χ1n) is 7.46. The highest BCUT2D eigenvalue weighted by atomic mass is 19.1. The van der Waals surface area contributed by atoms with Crippen molar-refractivity contribution in [1.29, 1.82) is 0 Å². The van der Waals surface area contributed by atoms with Gasteiger partial charge in [-0.05, 0) is 31.4 Å². The van der Waals surface area contributed by atoms with Gasteiger partial charge >= 0.3 is 0 Å². The molecule has 3 rings (SSSR count). The van der Waals surface area contributed by atoms with Gasteiger partial charge in [-0.3, -0.25) is 0 Å². The van der Waals surface area contributed by atoms with Crippen molar-refractivity contribution >= 4 is 17.5 Å². The summed E-state index contributed by atoms with van der Waals surface area (Å²) < 4.78 is 13.8. The summed E-state index contributed by atoms with van der Waals surface area (Å²) in [5, 5.41) is 3.33. The third-order valence-electron chi connectivity index (χ3n) is 4.03. The lowest BCUT2D eigenvalue weighted by atomic mass is 10.1. The number of nitrogens with zero attached hydrogens (tertiary/aromatic N) is 3. The van der Waals surface area contributed by atoms with E-state index in [1.165, 1.54) is 6.07 Å². The molecule has 5 nitrogen and oxygen atoms in total. The Hall–Kier alpha value is -2.37. The van der Waals surface area contributed by atoms with Gasteiger partial charge in [0.1, 0.15) is 11.6 Å². The van der Waals surface area contributed by atoms with Gasteiger partial charge in [0.25, 0.3) is 0 Å². The van der Waals surface area contributed by atoms with E-state index in [9.17, 15) is 4.39 Å². The molecule has 2 heterocycles. The molecule has 1 saturated heterocycles. The summed E-state index contributed by atoms with van der Waals surface area (Å²) in [6.07, 6.45) is 2.74. The zero-order valence-electron chi connectivity index (χ0n) is 12.6. The smallest absolute Gasteiger partial charge is 0.221 e. The molecule has 1 aromatic heterocycles. The highest BCUT2D eigenvalue weighted by Crippen LogP contribution is 2.26. The molecule has 0 spiro atoms. The van der Waals surface area contributed by atoms with Gasteiger partial charge in [0, 0.05) is 31.4 Å². The number of benzene rings is 1. The minimum atomic E-state index is -0.157. The molecular formula is C16H20FN5. The van der Waals surface area contributed by atoms with Crippen LogP contribution in [-0.4, -0.2) is 29.6 Å². The van der Waals surface area contributed by atoms with Crippen molar-refractivity contribution in [3.8, 4) is 0 Å². The molecule has 1 aliphatic heterocycles. The summed E-state index contributed by atoms with van der Waals surface area (Å²) in [7, 11) is 0. The van der Waals surface area contributed by atoms with E-state index in [1.54, 1.807) is 12.3 Å². The Balaban J connectivity index is 1.60. The second kappa shape index (κ2) is 6.17. The Morgan fingerprint density at radius 2 is 2.23 bits per heavy atom. The molecule has 1 atom stereocenters. The number of nitrogen functional groups attached to an aromatic ring is 1. The molecule has 0 radical (unpaired) electrons. The van der Waals surface area contributed by atoms with Crippen LogP contribution in [0.5, 0.6) is 0 Å². The molecule has 2 aromatic rings. The fourth-order valence-electron chi connectivity index (χ4n) is 2.80. The Labute approximate surface area is 129 Å². The summed E-state index contributed by atoms with van der Waals surface area (Å²) >= 11 is 0. The predicted octanol–water partition coefficient (Wildman–Crippen LogP) is 2.44. The lowest BCUT2D eigenvalue weighted by molar-refractivity contribution is 0.610. The Kier molecular flexibility index (Phi) is 4.09. The molecule has 1 aromatic carbocycles. The number of para-hydroxylation sites is 1. The zero-order chi connectivity index (χ0) is 15.5. The second-order valence-corrected chi connectivity index (χ2v) is 5.69. The van der Waals surface area contributed by atoms with Crippen LogP contribution in [0.15, 0.2) is 30.5 Å². The van der Waals surface area contributed by atoms with Gasteiger partial charge in [0.2, 0.25) is 5.95 Å². The minimum absolute atomic E-state index is 0.157. The molecule has 1 unspecified atom stereocenters.